The van der Waals surface area contributed by atoms with Crippen LogP contribution in [0, 0.1) is 0 Å². The van der Waals surface area contributed by atoms with Gasteiger partial charge in [0.2, 0.25) is 0 Å². The highest BCUT2D eigenvalue weighted by molar-refractivity contribution is 5.82. The number of rotatable bonds is 4. The number of aryl methyl sites for hydroxylation is 1. The monoisotopic (exact) mass is 362 g/mol. The molecule has 0 N–H and O–H groups in total. The Kier molecular flexibility index (Phi) is 4.10. The van der Waals surface area contributed by atoms with Crippen LogP contribution >= 0.6 is 0 Å². The SMILES string of the molecule is Cn1ccc2cc(-n3ccc(-c4ccccc4)c3Cc3ccccc3)ccc21. The molecule has 0 atom stereocenters. The average molecular weight is 362 g/mol. The summed E-state index contributed by atoms with van der Waals surface area (Å²) in [5.41, 5.74) is 7.63. The van der Waals surface area contributed by atoms with E-state index in [9.17, 15) is 0 Å². The maximum absolute atomic E-state index is 2.34. The van der Waals surface area contributed by atoms with Crippen LogP contribution in [0.25, 0.3) is 27.7 Å². The first kappa shape index (κ1) is 16.6. The molecule has 5 aromatic rings. The Bertz CT molecular complexity index is 1230. The molecular formula is C26H22N2. The van der Waals surface area contributed by atoms with Crippen LogP contribution in [0.15, 0.2) is 103 Å². The molecule has 0 amide bonds. The Labute approximate surface area is 165 Å². The lowest BCUT2D eigenvalue weighted by atomic mass is 10.0. The van der Waals surface area contributed by atoms with E-state index in [1.54, 1.807) is 0 Å². The Morgan fingerprint density at radius 1 is 0.714 bits per heavy atom. The summed E-state index contributed by atoms with van der Waals surface area (Å²) in [6, 6.07) is 32.5. The normalized spacial score (nSPS) is 11.2. The van der Waals surface area contributed by atoms with E-state index in [1.165, 1.54) is 39.0 Å². The highest BCUT2D eigenvalue weighted by Gasteiger charge is 2.13. The van der Waals surface area contributed by atoms with E-state index < -0.39 is 0 Å². The number of hydrogen-bond acceptors (Lipinski definition) is 0. The fraction of sp³-hybridized carbons (Fsp3) is 0.0769. The number of fused-ring (bicyclic) bond motifs is 1. The van der Waals surface area contributed by atoms with Gasteiger partial charge in [0.1, 0.15) is 0 Å². The average Bonchev–Trinajstić information content (AvgIpc) is 3.33. The molecule has 0 aliphatic carbocycles. The predicted octanol–water partition coefficient (Wildman–Crippen LogP) is 6.23. The molecular weight excluding hydrogens is 340 g/mol. The van der Waals surface area contributed by atoms with Crippen molar-refractivity contribution in [2.45, 2.75) is 6.42 Å². The standard InChI is InChI=1S/C26H22N2/c1-27-16-14-22-19-23(12-13-25(22)27)28-17-15-24(21-10-6-3-7-11-21)26(28)18-20-8-4-2-5-9-20/h2-17,19H,18H2,1H3. The lowest BCUT2D eigenvalue weighted by Crippen LogP contribution is -2.01. The first-order valence-corrected chi connectivity index (χ1v) is 9.64. The molecule has 0 fully saturated rings. The van der Waals surface area contributed by atoms with E-state index in [1.807, 2.05) is 0 Å². The van der Waals surface area contributed by atoms with Gasteiger partial charge in [-0.25, -0.2) is 0 Å². The molecule has 136 valence electrons. The number of aromatic nitrogens is 2. The minimum atomic E-state index is 0.894. The van der Waals surface area contributed by atoms with Crippen molar-refractivity contribution < 1.29 is 0 Å². The lowest BCUT2D eigenvalue weighted by Gasteiger charge is -2.13. The summed E-state index contributed by atoms with van der Waals surface area (Å²) in [7, 11) is 2.09. The molecule has 28 heavy (non-hydrogen) atoms. The van der Waals surface area contributed by atoms with Crippen molar-refractivity contribution in [2.24, 2.45) is 7.05 Å². The summed E-state index contributed by atoms with van der Waals surface area (Å²) in [6.07, 6.45) is 5.21. The van der Waals surface area contributed by atoms with Gasteiger partial charge in [0, 0.05) is 53.7 Å². The molecule has 0 radical (unpaired) electrons. The van der Waals surface area contributed by atoms with Gasteiger partial charge in [0.15, 0.2) is 0 Å². The van der Waals surface area contributed by atoms with Crippen LogP contribution in [0.2, 0.25) is 0 Å². The second kappa shape index (κ2) is 6.90. The molecule has 0 spiro atoms. The molecule has 2 heterocycles. The predicted molar refractivity (Wildman–Crippen MR) is 117 cm³/mol. The molecule has 5 rings (SSSR count). The van der Waals surface area contributed by atoms with Crippen LogP contribution in [-0.2, 0) is 13.5 Å². The smallest absolute Gasteiger partial charge is 0.0479 e. The minimum Gasteiger partial charge on any atom is -0.351 e. The zero-order valence-corrected chi connectivity index (χ0v) is 15.9. The maximum atomic E-state index is 2.34. The molecule has 0 unspecified atom stereocenters. The Hall–Kier alpha value is -3.52. The van der Waals surface area contributed by atoms with Crippen molar-refractivity contribution >= 4 is 10.9 Å². The number of benzene rings is 3. The van der Waals surface area contributed by atoms with E-state index in [0.29, 0.717) is 0 Å². The van der Waals surface area contributed by atoms with Gasteiger partial charge < -0.3 is 9.13 Å². The third-order valence-corrected chi connectivity index (χ3v) is 5.44. The summed E-state index contributed by atoms with van der Waals surface area (Å²) in [4.78, 5) is 0. The third kappa shape index (κ3) is 2.93. The fourth-order valence-corrected chi connectivity index (χ4v) is 3.98. The van der Waals surface area contributed by atoms with Crippen molar-refractivity contribution in [2.75, 3.05) is 0 Å². The fourth-order valence-electron chi connectivity index (χ4n) is 3.98. The molecule has 3 aromatic carbocycles. The van der Waals surface area contributed by atoms with Gasteiger partial charge in [0.05, 0.1) is 0 Å². The van der Waals surface area contributed by atoms with Crippen LogP contribution < -0.4 is 0 Å². The maximum Gasteiger partial charge on any atom is 0.0479 e. The molecule has 0 saturated carbocycles. The molecule has 0 bridgehead atoms. The van der Waals surface area contributed by atoms with Crippen molar-refractivity contribution in [3.8, 4) is 16.8 Å². The summed E-state index contributed by atoms with van der Waals surface area (Å²) in [5.74, 6) is 0. The van der Waals surface area contributed by atoms with Crippen LogP contribution in [0.5, 0.6) is 0 Å². The molecule has 2 heteroatoms. The molecule has 0 saturated heterocycles. The first-order chi connectivity index (χ1) is 13.8. The van der Waals surface area contributed by atoms with Crippen molar-refractivity contribution in [3.05, 3.63) is 115 Å². The summed E-state index contributed by atoms with van der Waals surface area (Å²) < 4.78 is 4.50. The molecule has 2 aromatic heterocycles. The van der Waals surface area contributed by atoms with Gasteiger partial charge in [-0.2, -0.15) is 0 Å². The van der Waals surface area contributed by atoms with Gasteiger partial charge in [-0.1, -0.05) is 60.7 Å². The Morgan fingerprint density at radius 3 is 2.25 bits per heavy atom. The van der Waals surface area contributed by atoms with Crippen LogP contribution in [0.3, 0.4) is 0 Å². The van der Waals surface area contributed by atoms with Crippen LogP contribution in [0.4, 0.5) is 0 Å². The van der Waals surface area contributed by atoms with Crippen LogP contribution in [-0.4, -0.2) is 9.13 Å². The molecule has 2 nitrogen and oxygen atoms in total. The summed E-state index contributed by atoms with van der Waals surface area (Å²) >= 11 is 0. The Morgan fingerprint density at radius 2 is 1.46 bits per heavy atom. The minimum absolute atomic E-state index is 0.894. The largest absolute Gasteiger partial charge is 0.351 e. The van der Waals surface area contributed by atoms with Gasteiger partial charge in [-0.3, -0.25) is 0 Å². The van der Waals surface area contributed by atoms with E-state index in [4.69, 9.17) is 0 Å². The second-order valence-corrected chi connectivity index (χ2v) is 7.24. The number of nitrogens with zero attached hydrogens (tertiary/aromatic N) is 2. The third-order valence-electron chi connectivity index (χ3n) is 5.44. The second-order valence-electron chi connectivity index (χ2n) is 7.24. The van der Waals surface area contributed by atoms with E-state index >= 15 is 0 Å². The van der Waals surface area contributed by atoms with Crippen molar-refractivity contribution in [1.29, 1.82) is 0 Å². The van der Waals surface area contributed by atoms with Gasteiger partial charge in [-0.15, -0.1) is 0 Å². The van der Waals surface area contributed by atoms with Gasteiger partial charge >= 0.3 is 0 Å². The zero-order valence-electron chi connectivity index (χ0n) is 15.9. The zero-order chi connectivity index (χ0) is 18.9. The lowest BCUT2D eigenvalue weighted by molar-refractivity contribution is 0.956. The van der Waals surface area contributed by atoms with Gasteiger partial charge in [0.25, 0.3) is 0 Å². The molecule has 0 aliphatic rings. The van der Waals surface area contributed by atoms with E-state index in [0.717, 1.165) is 6.42 Å². The number of hydrogen-bond donors (Lipinski definition) is 0. The topological polar surface area (TPSA) is 9.86 Å². The highest BCUT2D eigenvalue weighted by atomic mass is 15.0. The summed E-state index contributed by atoms with van der Waals surface area (Å²) in [5, 5.41) is 1.26. The van der Waals surface area contributed by atoms with Crippen molar-refractivity contribution in [1.82, 2.24) is 9.13 Å². The first-order valence-electron chi connectivity index (χ1n) is 9.64. The van der Waals surface area contributed by atoms with Crippen LogP contribution in [0.1, 0.15) is 11.3 Å². The molecule has 0 aliphatic heterocycles. The quantitative estimate of drug-likeness (QED) is 0.359. The highest BCUT2D eigenvalue weighted by Crippen LogP contribution is 2.30. The van der Waals surface area contributed by atoms with E-state index in [-0.39, 0.29) is 0 Å². The van der Waals surface area contributed by atoms with E-state index in [2.05, 4.69) is 120 Å². The Balaban J connectivity index is 1.67. The summed E-state index contributed by atoms with van der Waals surface area (Å²) in [6.45, 7) is 0. The van der Waals surface area contributed by atoms with Gasteiger partial charge in [-0.05, 0) is 41.5 Å². The van der Waals surface area contributed by atoms with Crippen molar-refractivity contribution in [3.63, 3.8) is 0 Å².